The fourth-order valence-electron chi connectivity index (χ4n) is 4.63. The minimum absolute atomic E-state index is 0.0109. The van der Waals surface area contributed by atoms with E-state index >= 15 is 0 Å². The number of fused-ring (bicyclic) bond motifs is 4. The average Bonchev–Trinajstić information content (AvgIpc) is 3.29. The summed E-state index contributed by atoms with van der Waals surface area (Å²) >= 11 is 0. The quantitative estimate of drug-likeness (QED) is 0.873. The molecule has 3 aliphatic rings. The fraction of sp³-hybridized carbons (Fsp3) is 0.381. The third kappa shape index (κ3) is 2.57. The molecule has 0 saturated heterocycles. The van der Waals surface area contributed by atoms with E-state index < -0.39 is 5.97 Å². The summed E-state index contributed by atoms with van der Waals surface area (Å²) < 4.78 is 22.3. The molecule has 146 valence electrons. The molecule has 0 radical (unpaired) electrons. The van der Waals surface area contributed by atoms with Crippen LogP contribution in [0.2, 0.25) is 0 Å². The van der Waals surface area contributed by atoms with Gasteiger partial charge in [0.1, 0.15) is 0 Å². The predicted octanol–water partition coefficient (Wildman–Crippen LogP) is 3.06. The largest absolute Gasteiger partial charge is 0.481 e. The first-order valence-electron chi connectivity index (χ1n) is 9.28. The van der Waals surface area contributed by atoms with Crippen LogP contribution in [-0.4, -0.2) is 36.6 Å². The Balaban J connectivity index is 1.61. The number of aliphatic carboxylic acids is 1. The van der Waals surface area contributed by atoms with Gasteiger partial charge in [-0.15, -0.1) is 0 Å². The van der Waals surface area contributed by atoms with E-state index in [0.29, 0.717) is 18.0 Å². The Morgan fingerprint density at radius 2 is 1.79 bits per heavy atom. The van der Waals surface area contributed by atoms with Crippen LogP contribution in [0.5, 0.6) is 23.0 Å². The van der Waals surface area contributed by atoms with Crippen molar-refractivity contribution in [2.75, 3.05) is 20.6 Å². The lowest BCUT2D eigenvalue weighted by molar-refractivity contribution is -0.136. The summed E-state index contributed by atoms with van der Waals surface area (Å²) in [6.45, 7) is 3.26. The van der Waals surface area contributed by atoms with Gasteiger partial charge >= 0.3 is 5.97 Å². The Labute approximate surface area is 162 Å². The molecule has 0 amide bonds. The van der Waals surface area contributed by atoms with Crippen LogP contribution in [0, 0.1) is 0 Å². The van der Waals surface area contributed by atoms with Crippen molar-refractivity contribution in [2.24, 2.45) is 0 Å². The van der Waals surface area contributed by atoms with Crippen molar-refractivity contribution >= 4 is 5.97 Å². The minimum Gasteiger partial charge on any atom is -0.481 e. The Morgan fingerprint density at radius 3 is 2.57 bits per heavy atom. The van der Waals surface area contributed by atoms with Crippen molar-refractivity contribution in [1.82, 2.24) is 4.90 Å². The van der Waals surface area contributed by atoms with Gasteiger partial charge in [-0.1, -0.05) is 13.0 Å². The molecule has 28 heavy (non-hydrogen) atoms. The molecule has 0 aromatic heterocycles. The van der Waals surface area contributed by atoms with Crippen LogP contribution in [0.4, 0.5) is 0 Å². The zero-order chi connectivity index (χ0) is 19.4. The maximum atomic E-state index is 11.5. The summed E-state index contributed by atoms with van der Waals surface area (Å²) in [7, 11) is 2.05. The van der Waals surface area contributed by atoms with Gasteiger partial charge in [-0.3, -0.25) is 9.69 Å². The normalized spacial score (nSPS) is 22.2. The maximum absolute atomic E-state index is 11.5. The molecular weight excluding hydrogens is 362 g/mol. The summed E-state index contributed by atoms with van der Waals surface area (Å²) in [5.74, 6) is 2.15. The van der Waals surface area contributed by atoms with E-state index in [1.807, 2.05) is 18.2 Å². The molecular formula is C21H21NO6. The van der Waals surface area contributed by atoms with Crippen molar-refractivity contribution < 1.29 is 28.8 Å². The van der Waals surface area contributed by atoms with Crippen molar-refractivity contribution in [2.45, 2.75) is 31.8 Å². The molecule has 0 bridgehead atoms. The van der Waals surface area contributed by atoms with Crippen LogP contribution in [-0.2, 0) is 17.8 Å². The molecule has 0 spiro atoms. The molecule has 0 saturated carbocycles. The van der Waals surface area contributed by atoms with Gasteiger partial charge in [-0.2, -0.15) is 0 Å². The summed E-state index contributed by atoms with van der Waals surface area (Å²) in [5.41, 5.74) is 4.06. The van der Waals surface area contributed by atoms with E-state index in [9.17, 15) is 9.90 Å². The fourth-order valence-corrected chi connectivity index (χ4v) is 4.63. The molecule has 2 atom stereocenters. The van der Waals surface area contributed by atoms with Crippen LogP contribution < -0.4 is 18.9 Å². The molecule has 3 aliphatic heterocycles. The van der Waals surface area contributed by atoms with Gasteiger partial charge in [0.2, 0.25) is 13.6 Å². The number of carboxylic acid groups (broad SMARTS) is 1. The molecule has 7 heteroatoms. The van der Waals surface area contributed by atoms with E-state index in [4.69, 9.17) is 18.9 Å². The van der Waals surface area contributed by atoms with Crippen molar-refractivity contribution in [3.63, 3.8) is 0 Å². The maximum Gasteiger partial charge on any atom is 0.307 e. The standard InChI is InChI=1S/C21H21NO6/c1-11-13-3-4-16-21(28-10-25-16)15(13)8-22(2)20(11)14-7-18-17(26-9-27-18)5-12(14)6-19(23)24/h3-5,7,11,20H,6,8-10H2,1-2H3,(H,23,24)/t11-,20-/m1/s1. The third-order valence-electron chi connectivity index (χ3n) is 5.82. The van der Waals surface area contributed by atoms with Gasteiger partial charge in [0.15, 0.2) is 23.0 Å². The lowest BCUT2D eigenvalue weighted by Gasteiger charge is -2.40. The van der Waals surface area contributed by atoms with E-state index in [2.05, 4.69) is 24.9 Å². The number of carboxylic acids is 1. The lowest BCUT2D eigenvalue weighted by Crippen LogP contribution is -2.34. The van der Waals surface area contributed by atoms with Gasteiger partial charge in [-0.25, -0.2) is 0 Å². The highest BCUT2D eigenvalue weighted by Crippen LogP contribution is 2.50. The van der Waals surface area contributed by atoms with Crippen molar-refractivity contribution in [1.29, 1.82) is 0 Å². The Morgan fingerprint density at radius 1 is 1.07 bits per heavy atom. The van der Waals surface area contributed by atoms with Crippen LogP contribution >= 0.6 is 0 Å². The molecule has 0 unspecified atom stereocenters. The highest BCUT2D eigenvalue weighted by Gasteiger charge is 2.37. The number of likely N-dealkylation sites (N-methyl/N-ethyl adjacent to an activating group) is 1. The summed E-state index contributed by atoms with van der Waals surface area (Å²) in [5, 5.41) is 9.42. The number of hydrogen-bond acceptors (Lipinski definition) is 6. The molecule has 7 nitrogen and oxygen atoms in total. The topological polar surface area (TPSA) is 77.5 Å². The highest BCUT2D eigenvalue weighted by molar-refractivity contribution is 5.72. The number of benzene rings is 2. The van der Waals surface area contributed by atoms with Crippen molar-refractivity contribution in [3.8, 4) is 23.0 Å². The molecule has 3 heterocycles. The number of ether oxygens (including phenoxy) is 4. The monoisotopic (exact) mass is 383 g/mol. The Bertz CT molecular complexity index is 972. The number of rotatable bonds is 3. The zero-order valence-corrected chi connectivity index (χ0v) is 15.7. The second-order valence-electron chi connectivity index (χ2n) is 7.49. The number of hydrogen-bond donors (Lipinski definition) is 1. The second kappa shape index (κ2) is 6.31. The van der Waals surface area contributed by atoms with Gasteiger partial charge < -0.3 is 24.1 Å². The van der Waals surface area contributed by atoms with E-state index in [1.54, 1.807) is 0 Å². The summed E-state index contributed by atoms with van der Waals surface area (Å²) in [4.78, 5) is 13.7. The van der Waals surface area contributed by atoms with Gasteiger partial charge in [0, 0.05) is 24.1 Å². The van der Waals surface area contributed by atoms with E-state index in [0.717, 1.165) is 28.2 Å². The molecule has 0 fully saturated rings. The molecule has 2 aromatic rings. The van der Waals surface area contributed by atoms with E-state index in [-0.39, 0.29) is 32.0 Å². The van der Waals surface area contributed by atoms with E-state index in [1.165, 1.54) is 5.56 Å². The van der Waals surface area contributed by atoms with Crippen LogP contribution in [0.3, 0.4) is 0 Å². The summed E-state index contributed by atoms with van der Waals surface area (Å²) in [6.07, 6.45) is -0.0585. The smallest absolute Gasteiger partial charge is 0.307 e. The average molecular weight is 383 g/mol. The highest BCUT2D eigenvalue weighted by atomic mass is 16.7. The first-order valence-corrected chi connectivity index (χ1v) is 9.28. The van der Waals surface area contributed by atoms with Gasteiger partial charge in [0.25, 0.3) is 0 Å². The molecule has 5 rings (SSSR count). The Kier molecular flexibility index (Phi) is 3.87. The van der Waals surface area contributed by atoms with Crippen LogP contribution in [0.15, 0.2) is 24.3 Å². The van der Waals surface area contributed by atoms with Gasteiger partial charge in [-0.05, 0) is 41.9 Å². The van der Waals surface area contributed by atoms with Gasteiger partial charge in [0.05, 0.1) is 6.42 Å². The molecule has 2 aromatic carbocycles. The predicted molar refractivity (Wildman–Crippen MR) is 99.1 cm³/mol. The minimum atomic E-state index is -0.866. The first-order chi connectivity index (χ1) is 13.5. The second-order valence-corrected chi connectivity index (χ2v) is 7.49. The third-order valence-corrected chi connectivity index (χ3v) is 5.82. The van der Waals surface area contributed by atoms with Crippen LogP contribution in [0.25, 0.3) is 0 Å². The Hall–Kier alpha value is -2.93. The zero-order valence-electron chi connectivity index (χ0n) is 15.7. The SMILES string of the molecule is C[C@@H]1c2ccc3c(c2CN(C)[C@H]1c1cc2c(cc1CC(=O)O)OCO2)OCO3. The first kappa shape index (κ1) is 17.2. The molecule has 0 aliphatic carbocycles. The number of carbonyl (C=O) groups is 1. The van der Waals surface area contributed by atoms with Crippen LogP contribution in [0.1, 0.15) is 41.1 Å². The molecule has 1 N–H and O–H groups in total. The van der Waals surface area contributed by atoms with Crippen molar-refractivity contribution in [3.05, 3.63) is 46.5 Å². The number of nitrogens with zero attached hydrogens (tertiary/aromatic N) is 1. The summed E-state index contributed by atoms with van der Waals surface area (Å²) in [6, 6.07) is 7.81. The lowest BCUT2D eigenvalue weighted by atomic mass is 9.79.